The molecule has 14 heavy (non-hydrogen) atoms. The lowest BCUT2D eigenvalue weighted by Crippen LogP contribution is -2.20. The minimum Gasteiger partial charge on any atom is -0.361 e. The van der Waals surface area contributed by atoms with Crippen LogP contribution in [0, 0.1) is 0 Å². The zero-order valence-corrected chi connectivity index (χ0v) is 9.28. The zero-order chi connectivity index (χ0) is 10.4. The first-order valence-electron chi connectivity index (χ1n) is 4.65. The van der Waals surface area contributed by atoms with E-state index in [1.54, 1.807) is 18.4 Å². The van der Waals surface area contributed by atoms with Crippen molar-refractivity contribution in [3.63, 3.8) is 0 Å². The maximum Gasteiger partial charge on any atom is 0.221 e. The van der Waals surface area contributed by atoms with Crippen molar-refractivity contribution in [3.8, 4) is 0 Å². The smallest absolute Gasteiger partial charge is 0.221 e. The van der Waals surface area contributed by atoms with Gasteiger partial charge >= 0.3 is 0 Å². The van der Waals surface area contributed by atoms with Gasteiger partial charge in [-0.25, -0.2) is 4.98 Å². The molecule has 5 heteroatoms. The first-order valence-corrected chi connectivity index (χ1v) is 5.53. The van der Waals surface area contributed by atoms with Gasteiger partial charge in [-0.3, -0.25) is 4.79 Å². The summed E-state index contributed by atoms with van der Waals surface area (Å²) in [6, 6.07) is 0. The van der Waals surface area contributed by atoms with Crippen molar-refractivity contribution in [1.29, 1.82) is 0 Å². The highest BCUT2D eigenvalue weighted by atomic mass is 32.1. The number of aryl methyl sites for hydroxylation is 1. The molecule has 0 spiro atoms. The topological polar surface area (TPSA) is 54.0 Å². The lowest BCUT2D eigenvalue weighted by Gasteiger charge is -2.00. The van der Waals surface area contributed by atoms with Gasteiger partial charge in [0.25, 0.3) is 0 Å². The Bertz CT molecular complexity index is 298. The Morgan fingerprint density at radius 3 is 3.00 bits per heavy atom. The Labute approximate surface area is 87.7 Å². The highest BCUT2D eigenvalue weighted by Crippen LogP contribution is 2.15. The summed E-state index contributed by atoms with van der Waals surface area (Å²) in [4.78, 5) is 15.2. The minimum absolute atomic E-state index is 0.0461. The third-order valence-corrected chi connectivity index (χ3v) is 2.67. The molecule has 0 radical (unpaired) electrons. The predicted molar refractivity (Wildman–Crippen MR) is 58.7 cm³/mol. The van der Waals surface area contributed by atoms with Crippen LogP contribution in [0.4, 0.5) is 5.13 Å². The van der Waals surface area contributed by atoms with Crippen molar-refractivity contribution in [2.75, 3.05) is 18.9 Å². The number of rotatable bonds is 5. The number of hydrogen-bond acceptors (Lipinski definition) is 4. The molecule has 0 saturated carbocycles. The number of thiazole rings is 1. The summed E-state index contributed by atoms with van der Waals surface area (Å²) in [6.07, 6.45) is 1.44. The van der Waals surface area contributed by atoms with Gasteiger partial charge in [0, 0.05) is 25.4 Å². The van der Waals surface area contributed by atoms with Crippen molar-refractivity contribution in [2.45, 2.75) is 19.8 Å². The molecular weight excluding hydrogens is 198 g/mol. The van der Waals surface area contributed by atoms with Crippen LogP contribution in [-0.2, 0) is 11.2 Å². The summed E-state index contributed by atoms with van der Waals surface area (Å²) < 4.78 is 0. The minimum atomic E-state index is 0.0461. The summed E-state index contributed by atoms with van der Waals surface area (Å²) in [6.45, 7) is 2.71. The largest absolute Gasteiger partial charge is 0.361 e. The summed E-state index contributed by atoms with van der Waals surface area (Å²) in [5, 5.41) is 8.61. The van der Waals surface area contributed by atoms with E-state index in [0.29, 0.717) is 13.0 Å². The molecule has 0 fully saturated rings. The quantitative estimate of drug-likeness (QED) is 0.774. The molecule has 1 aromatic rings. The number of carbonyl (C=O) groups is 1. The molecule has 0 unspecified atom stereocenters. The molecule has 0 bridgehead atoms. The normalized spacial score (nSPS) is 9.86. The fourth-order valence-corrected chi connectivity index (χ4v) is 1.78. The average Bonchev–Trinajstić information content (AvgIpc) is 2.65. The second kappa shape index (κ2) is 5.59. The standard InChI is InChI=1S/C9H15N3OS/c1-3-7-6-14-9(12-7)11-5-4-8(13)10-2/h6H,3-5H2,1-2H3,(H,10,13)(H,11,12). The number of carbonyl (C=O) groups excluding carboxylic acids is 1. The number of anilines is 1. The van der Waals surface area contributed by atoms with Gasteiger partial charge < -0.3 is 10.6 Å². The van der Waals surface area contributed by atoms with Gasteiger partial charge in [-0.2, -0.15) is 0 Å². The Kier molecular flexibility index (Phi) is 4.39. The van der Waals surface area contributed by atoms with Gasteiger partial charge in [0.15, 0.2) is 5.13 Å². The van der Waals surface area contributed by atoms with Gasteiger partial charge in [0.05, 0.1) is 5.69 Å². The van der Waals surface area contributed by atoms with E-state index >= 15 is 0 Å². The van der Waals surface area contributed by atoms with E-state index in [2.05, 4.69) is 22.5 Å². The van der Waals surface area contributed by atoms with Crippen molar-refractivity contribution < 1.29 is 4.79 Å². The summed E-state index contributed by atoms with van der Waals surface area (Å²) >= 11 is 1.58. The van der Waals surface area contributed by atoms with E-state index in [-0.39, 0.29) is 5.91 Å². The zero-order valence-electron chi connectivity index (χ0n) is 8.46. The molecule has 1 aromatic heterocycles. The Morgan fingerprint density at radius 1 is 1.64 bits per heavy atom. The first-order chi connectivity index (χ1) is 6.76. The number of hydrogen-bond donors (Lipinski definition) is 2. The second-order valence-corrected chi connectivity index (χ2v) is 3.71. The Hall–Kier alpha value is -1.10. The molecule has 1 rings (SSSR count). The van der Waals surface area contributed by atoms with Crippen LogP contribution in [0.25, 0.3) is 0 Å². The molecule has 0 aliphatic carbocycles. The van der Waals surface area contributed by atoms with Crippen LogP contribution in [0.5, 0.6) is 0 Å². The van der Waals surface area contributed by atoms with Crippen LogP contribution in [0.3, 0.4) is 0 Å². The molecule has 0 aliphatic rings. The maximum atomic E-state index is 10.9. The van der Waals surface area contributed by atoms with Crippen molar-refractivity contribution in [3.05, 3.63) is 11.1 Å². The van der Waals surface area contributed by atoms with Gasteiger partial charge in [0.1, 0.15) is 0 Å². The third-order valence-electron chi connectivity index (χ3n) is 1.82. The highest BCUT2D eigenvalue weighted by Gasteiger charge is 2.00. The lowest BCUT2D eigenvalue weighted by molar-refractivity contribution is -0.120. The predicted octanol–water partition coefficient (Wildman–Crippen LogP) is 1.25. The molecular formula is C9H15N3OS. The highest BCUT2D eigenvalue weighted by molar-refractivity contribution is 7.13. The van der Waals surface area contributed by atoms with E-state index in [9.17, 15) is 4.79 Å². The molecule has 0 aromatic carbocycles. The van der Waals surface area contributed by atoms with E-state index in [1.807, 2.05) is 5.38 Å². The molecule has 0 atom stereocenters. The van der Waals surface area contributed by atoms with Crippen LogP contribution < -0.4 is 10.6 Å². The molecule has 1 amide bonds. The van der Waals surface area contributed by atoms with E-state index in [4.69, 9.17) is 0 Å². The third kappa shape index (κ3) is 3.33. The fourth-order valence-electron chi connectivity index (χ4n) is 0.959. The first kappa shape index (κ1) is 11.0. The molecule has 0 saturated heterocycles. The van der Waals surface area contributed by atoms with Gasteiger partial charge in [-0.1, -0.05) is 6.92 Å². The summed E-state index contributed by atoms with van der Waals surface area (Å²) in [5.74, 6) is 0.0461. The molecule has 0 aliphatic heterocycles. The van der Waals surface area contributed by atoms with Crippen LogP contribution in [0.15, 0.2) is 5.38 Å². The molecule has 4 nitrogen and oxygen atoms in total. The lowest BCUT2D eigenvalue weighted by atomic mass is 10.4. The Balaban J connectivity index is 2.27. The number of nitrogens with zero attached hydrogens (tertiary/aromatic N) is 1. The van der Waals surface area contributed by atoms with E-state index in [0.717, 1.165) is 17.2 Å². The molecule has 1 heterocycles. The van der Waals surface area contributed by atoms with Crippen LogP contribution >= 0.6 is 11.3 Å². The van der Waals surface area contributed by atoms with E-state index < -0.39 is 0 Å². The summed E-state index contributed by atoms with van der Waals surface area (Å²) in [7, 11) is 1.64. The number of nitrogens with one attached hydrogen (secondary N) is 2. The number of aromatic nitrogens is 1. The van der Waals surface area contributed by atoms with Gasteiger partial charge in [-0.05, 0) is 6.42 Å². The summed E-state index contributed by atoms with van der Waals surface area (Å²) in [5.41, 5.74) is 1.09. The SMILES string of the molecule is CCc1csc(NCCC(=O)NC)n1. The van der Waals surface area contributed by atoms with Crippen molar-refractivity contribution >= 4 is 22.4 Å². The fraction of sp³-hybridized carbons (Fsp3) is 0.556. The van der Waals surface area contributed by atoms with Crippen molar-refractivity contribution in [2.24, 2.45) is 0 Å². The second-order valence-electron chi connectivity index (χ2n) is 2.85. The van der Waals surface area contributed by atoms with Crippen LogP contribution in [0.1, 0.15) is 19.0 Å². The number of amides is 1. The molecule has 78 valence electrons. The molecule has 2 N–H and O–H groups in total. The van der Waals surface area contributed by atoms with E-state index in [1.165, 1.54) is 0 Å². The van der Waals surface area contributed by atoms with Crippen LogP contribution in [-0.4, -0.2) is 24.5 Å². The monoisotopic (exact) mass is 213 g/mol. The maximum absolute atomic E-state index is 10.9. The van der Waals surface area contributed by atoms with Gasteiger partial charge in [0.2, 0.25) is 5.91 Å². The van der Waals surface area contributed by atoms with Gasteiger partial charge in [-0.15, -0.1) is 11.3 Å². The van der Waals surface area contributed by atoms with Crippen molar-refractivity contribution in [1.82, 2.24) is 10.3 Å². The van der Waals surface area contributed by atoms with Crippen LogP contribution in [0.2, 0.25) is 0 Å². The average molecular weight is 213 g/mol. The Morgan fingerprint density at radius 2 is 2.43 bits per heavy atom.